The van der Waals surface area contributed by atoms with Crippen LogP contribution in [0.1, 0.15) is 11.3 Å². The Morgan fingerprint density at radius 1 is 1.11 bits per heavy atom. The second-order valence-corrected chi connectivity index (χ2v) is 5.13. The van der Waals surface area contributed by atoms with E-state index in [1.54, 1.807) is 6.20 Å². The number of nitrogens with zero attached hydrogens (tertiary/aromatic N) is 3. The summed E-state index contributed by atoms with van der Waals surface area (Å²) in [5.41, 5.74) is 5.12. The second kappa shape index (κ2) is 4.21. The molecule has 0 fully saturated rings. The number of hydrogen-bond donors (Lipinski definition) is 0. The molecule has 0 aliphatic carbocycles. The normalized spacial score (nSPS) is 11.1. The third-order valence-corrected chi connectivity index (χ3v) is 3.66. The van der Waals surface area contributed by atoms with Crippen LogP contribution >= 0.6 is 15.9 Å². The molecule has 4 heteroatoms. The number of aryl methyl sites for hydroxylation is 2. The van der Waals surface area contributed by atoms with E-state index in [-0.39, 0.29) is 0 Å². The van der Waals surface area contributed by atoms with Gasteiger partial charge in [-0.3, -0.25) is 9.38 Å². The number of fused-ring (bicyclic) bond motifs is 1. The third kappa shape index (κ3) is 1.82. The Hall–Kier alpha value is -1.68. The predicted molar refractivity (Wildman–Crippen MR) is 75.6 cm³/mol. The van der Waals surface area contributed by atoms with Gasteiger partial charge in [0.05, 0.1) is 11.9 Å². The summed E-state index contributed by atoms with van der Waals surface area (Å²) in [5.74, 6) is 0. The van der Waals surface area contributed by atoms with Crippen molar-refractivity contribution in [3.63, 3.8) is 0 Å². The molecule has 3 nitrogen and oxygen atoms in total. The van der Waals surface area contributed by atoms with Gasteiger partial charge < -0.3 is 0 Å². The predicted octanol–water partition coefficient (Wildman–Crippen LogP) is 3.78. The topological polar surface area (TPSA) is 30.2 Å². The minimum absolute atomic E-state index is 0.850. The molecular weight excluding hydrogens is 290 g/mol. The number of aromatic nitrogens is 3. The van der Waals surface area contributed by atoms with Crippen LogP contribution in [0.5, 0.6) is 0 Å². The van der Waals surface area contributed by atoms with E-state index in [1.165, 1.54) is 5.56 Å². The smallest absolute Gasteiger partial charge is 0.156 e. The lowest BCUT2D eigenvalue weighted by Gasteiger charge is -1.99. The molecule has 90 valence electrons. The van der Waals surface area contributed by atoms with Gasteiger partial charge in [0.1, 0.15) is 10.3 Å². The lowest BCUT2D eigenvalue weighted by Crippen LogP contribution is -1.89. The molecule has 0 aliphatic heterocycles. The summed E-state index contributed by atoms with van der Waals surface area (Å²) in [5, 5.41) is 0. The van der Waals surface area contributed by atoms with Gasteiger partial charge in [-0.25, -0.2) is 4.98 Å². The van der Waals surface area contributed by atoms with Gasteiger partial charge in [0.25, 0.3) is 0 Å². The molecule has 2 heterocycles. The molecule has 3 rings (SSSR count). The molecule has 2 aromatic heterocycles. The van der Waals surface area contributed by atoms with Gasteiger partial charge in [0, 0.05) is 11.8 Å². The van der Waals surface area contributed by atoms with Crippen molar-refractivity contribution in [1.29, 1.82) is 0 Å². The van der Waals surface area contributed by atoms with Crippen LogP contribution in [-0.2, 0) is 0 Å². The van der Waals surface area contributed by atoms with Gasteiger partial charge in [0.15, 0.2) is 5.65 Å². The van der Waals surface area contributed by atoms with Gasteiger partial charge in [0.2, 0.25) is 0 Å². The fourth-order valence-corrected chi connectivity index (χ4v) is 2.52. The van der Waals surface area contributed by atoms with E-state index < -0.39 is 0 Å². The Balaban J connectivity index is 2.23. The fourth-order valence-electron chi connectivity index (χ4n) is 1.92. The van der Waals surface area contributed by atoms with Crippen LogP contribution < -0.4 is 0 Å². The molecule has 0 radical (unpaired) electrons. The SMILES string of the molecule is Cc1ccc(-c2nc3cnc(C)cn3c2Br)cc1. The van der Waals surface area contributed by atoms with Crippen LogP contribution in [0.4, 0.5) is 0 Å². The Bertz CT molecular complexity index is 714. The molecule has 0 spiro atoms. The highest BCUT2D eigenvalue weighted by molar-refractivity contribution is 9.10. The maximum atomic E-state index is 4.61. The Morgan fingerprint density at radius 3 is 2.56 bits per heavy atom. The van der Waals surface area contributed by atoms with Crippen molar-refractivity contribution >= 4 is 21.6 Å². The van der Waals surface area contributed by atoms with E-state index in [4.69, 9.17) is 0 Å². The van der Waals surface area contributed by atoms with E-state index >= 15 is 0 Å². The standard InChI is InChI=1S/C14H12BrN3/c1-9-3-5-11(6-4-9)13-14(15)18-8-10(2)16-7-12(18)17-13/h3-8H,1-2H3. The van der Waals surface area contributed by atoms with Crippen molar-refractivity contribution in [2.75, 3.05) is 0 Å². The van der Waals surface area contributed by atoms with Gasteiger partial charge in [-0.15, -0.1) is 0 Å². The van der Waals surface area contributed by atoms with Crippen LogP contribution in [0.2, 0.25) is 0 Å². The van der Waals surface area contributed by atoms with E-state index in [0.29, 0.717) is 0 Å². The summed E-state index contributed by atoms with van der Waals surface area (Å²) in [7, 11) is 0. The average Bonchev–Trinajstić information content (AvgIpc) is 2.68. The summed E-state index contributed by atoms with van der Waals surface area (Å²) in [6.07, 6.45) is 3.77. The van der Waals surface area contributed by atoms with E-state index in [9.17, 15) is 0 Å². The van der Waals surface area contributed by atoms with Crippen LogP contribution in [0.25, 0.3) is 16.9 Å². The third-order valence-electron chi connectivity index (χ3n) is 2.90. The zero-order valence-corrected chi connectivity index (χ0v) is 11.8. The van der Waals surface area contributed by atoms with E-state index in [1.807, 2.05) is 17.5 Å². The van der Waals surface area contributed by atoms with Crippen LogP contribution in [0, 0.1) is 13.8 Å². The van der Waals surface area contributed by atoms with Crippen molar-refractivity contribution in [3.8, 4) is 11.3 Å². The number of benzene rings is 1. The molecule has 3 aromatic rings. The fraction of sp³-hybridized carbons (Fsp3) is 0.143. The molecule has 0 saturated carbocycles. The second-order valence-electron chi connectivity index (χ2n) is 4.37. The molecule has 0 aliphatic rings. The summed E-state index contributed by atoms with van der Waals surface area (Å²) in [4.78, 5) is 8.87. The van der Waals surface area contributed by atoms with Crippen molar-refractivity contribution in [3.05, 3.63) is 52.5 Å². The quantitative estimate of drug-likeness (QED) is 0.685. The largest absolute Gasteiger partial charge is 0.291 e. The molecular formula is C14H12BrN3. The zero-order chi connectivity index (χ0) is 12.7. The first-order chi connectivity index (χ1) is 8.65. The molecule has 0 N–H and O–H groups in total. The highest BCUT2D eigenvalue weighted by atomic mass is 79.9. The molecule has 0 atom stereocenters. The number of hydrogen-bond acceptors (Lipinski definition) is 2. The lowest BCUT2D eigenvalue weighted by atomic mass is 10.1. The Kier molecular flexibility index (Phi) is 2.67. The van der Waals surface area contributed by atoms with Crippen molar-refractivity contribution < 1.29 is 0 Å². The summed E-state index contributed by atoms with van der Waals surface area (Å²) >= 11 is 3.61. The zero-order valence-electron chi connectivity index (χ0n) is 10.2. The van der Waals surface area contributed by atoms with Crippen LogP contribution in [0.15, 0.2) is 41.3 Å². The van der Waals surface area contributed by atoms with Gasteiger partial charge in [-0.05, 0) is 29.8 Å². The van der Waals surface area contributed by atoms with Crippen molar-refractivity contribution in [2.45, 2.75) is 13.8 Å². The number of halogens is 1. The van der Waals surface area contributed by atoms with Crippen molar-refractivity contribution in [1.82, 2.24) is 14.4 Å². The van der Waals surface area contributed by atoms with Gasteiger partial charge in [-0.1, -0.05) is 29.8 Å². The lowest BCUT2D eigenvalue weighted by molar-refractivity contribution is 1.05. The Labute approximate surface area is 114 Å². The first-order valence-corrected chi connectivity index (χ1v) is 6.52. The molecule has 0 saturated heterocycles. The van der Waals surface area contributed by atoms with Gasteiger partial charge >= 0.3 is 0 Å². The van der Waals surface area contributed by atoms with E-state index in [0.717, 1.165) is 27.2 Å². The molecule has 18 heavy (non-hydrogen) atoms. The van der Waals surface area contributed by atoms with Crippen LogP contribution in [0.3, 0.4) is 0 Å². The monoisotopic (exact) mass is 301 g/mol. The highest BCUT2D eigenvalue weighted by Crippen LogP contribution is 2.28. The first-order valence-electron chi connectivity index (χ1n) is 5.72. The first kappa shape index (κ1) is 11.4. The summed E-state index contributed by atoms with van der Waals surface area (Å²) in [6, 6.07) is 8.36. The summed E-state index contributed by atoms with van der Waals surface area (Å²) < 4.78 is 2.98. The molecule has 1 aromatic carbocycles. The Morgan fingerprint density at radius 2 is 1.83 bits per heavy atom. The maximum absolute atomic E-state index is 4.61. The van der Waals surface area contributed by atoms with Crippen LogP contribution in [-0.4, -0.2) is 14.4 Å². The minimum Gasteiger partial charge on any atom is -0.291 e. The van der Waals surface area contributed by atoms with Gasteiger partial charge in [-0.2, -0.15) is 0 Å². The van der Waals surface area contributed by atoms with E-state index in [2.05, 4.69) is 57.1 Å². The minimum atomic E-state index is 0.850. The number of imidazole rings is 1. The van der Waals surface area contributed by atoms with Crippen molar-refractivity contribution in [2.24, 2.45) is 0 Å². The molecule has 0 unspecified atom stereocenters. The molecule has 0 amide bonds. The number of rotatable bonds is 1. The average molecular weight is 302 g/mol. The molecule has 0 bridgehead atoms. The summed E-state index contributed by atoms with van der Waals surface area (Å²) in [6.45, 7) is 4.05. The highest BCUT2D eigenvalue weighted by Gasteiger charge is 2.11. The maximum Gasteiger partial charge on any atom is 0.156 e.